The SMILES string of the molecule is COCCN(CC(=O)N1CCc2ccccc2C1C)C(=O)Nc1cccc(Cl)c1Cl. The van der Waals surface area contributed by atoms with E-state index in [9.17, 15) is 9.59 Å². The third kappa shape index (κ3) is 5.06. The minimum absolute atomic E-state index is 0.0443. The van der Waals surface area contributed by atoms with Gasteiger partial charge in [-0.15, -0.1) is 0 Å². The zero-order valence-corrected chi connectivity index (χ0v) is 18.5. The van der Waals surface area contributed by atoms with E-state index in [-0.39, 0.29) is 30.1 Å². The van der Waals surface area contributed by atoms with Gasteiger partial charge in [0.05, 0.1) is 28.4 Å². The molecule has 0 aliphatic carbocycles. The predicted octanol–water partition coefficient (Wildman–Crippen LogP) is 4.62. The molecule has 160 valence electrons. The highest BCUT2D eigenvalue weighted by atomic mass is 35.5. The molecule has 0 radical (unpaired) electrons. The summed E-state index contributed by atoms with van der Waals surface area (Å²) in [5, 5.41) is 3.34. The smallest absolute Gasteiger partial charge is 0.322 e. The number of nitrogens with one attached hydrogen (secondary N) is 1. The number of nitrogens with zero attached hydrogens (tertiary/aromatic N) is 2. The van der Waals surface area contributed by atoms with E-state index in [1.165, 1.54) is 10.5 Å². The van der Waals surface area contributed by atoms with Crippen molar-refractivity contribution in [3.63, 3.8) is 0 Å². The Balaban J connectivity index is 1.72. The highest BCUT2D eigenvalue weighted by Crippen LogP contribution is 2.30. The van der Waals surface area contributed by atoms with Crippen molar-refractivity contribution in [3.8, 4) is 0 Å². The van der Waals surface area contributed by atoms with Crippen LogP contribution >= 0.6 is 23.2 Å². The van der Waals surface area contributed by atoms with E-state index in [2.05, 4.69) is 17.4 Å². The number of methoxy groups -OCH3 is 1. The van der Waals surface area contributed by atoms with Crippen molar-refractivity contribution in [2.24, 2.45) is 0 Å². The number of anilines is 1. The van der Waals surface area contributed by atoms with Crippen LogP contribution in [-0.4, -0.2) is 55.1 Å². The second-order valence-corrected chi connectivity index (χ2v) is 7.94. The van der Waals surface area contributed by atoms with E-state index >= 15 is 0 Å². The average Bonchev–Trinajstić information content (AvgIpc) is 2.74. The van der Waals surface area contributed by atoms with Crippen molar-refractivity contribution in [1.29, 1.82) is 0 Å². The van der Waals surface area contributed by atoms with E-state index < -0.39 is 6.03 Å². The molecule has 1 N–H and O–H groups in total. The summed E-state index contributed by atoms with van der Waals surface area (Å²) in [6.45, 7) is 3.16. The predicted molar refractivity (Wildman–Crippen MR) is 119 cm³/mol. The Morgan fingerprint density at radius 1 is 1.20 bits per heavy atom. The van der Waals surface area contributed by atoms with Crippen molar-refractivity contribution < 1.29 is 14.3 Å². The quantitative estimate of drug-likeness (QED) is 0.699. The molecule has 1 atom stereocenters. The van der Waals surface area contributed by atoms with Gasteiger partial charge in [-0.25, -0.2) is 4.79 Å². The van der Waals surface area contributed by atoms with Gasteiger partial charge in [0.1, 0.15) is 6.54 Å². The summed E-state index contributed by atoms with van der Waals surface area (Å²) in [6.07, 6.45) is 0.800. The molecule has 1 heterocycles. The Hall–Kier alpha value is -2.28. The number of rotatable bonds is 6. The number of carbonyl (C=O) groups is 2. The van der Waals surface area contributed by atoms with Crippen LogP contribution in [0.3, 0.4) is 0 Å². The maximum absolute atomic E-state index is 13.1. The molecule has 0 aromatic heterocycles. The van der Waals surface area contributed by atoms with Gasteiger partial charge in [-0.2, -0.15) is 0 Å². The van der Waals surface area contributed by atoms with Crippen molar-refractivity contribution >= 4 is 40.8 Å². The molecule has 0 spiro atoms. The number of carbonyl (C=O) groups excluding carboxylic acids is 2. The number of halogens is 2. The molecule has 0 bridgehead atoms. The summed E-state index contributed by atoms with van der Waals surface area (Å²) in [7, 11) is 1.55. The topological polar surface area (TPSA) is 61.9 Å². The van der Waals surface area contributed by atoms with E-state index in [1.807, 2.05) is 24.0 Å². The molecule has 1 aliphatic heterocycles. The molecule has 2 aromatic rings. The molecule has 6 nitrogen and oxygen atoms in total. The molecule has 0 saturated heterocycles. The van der Waals surface area contributed by atoms with Gasteiger partial charge in [-0.3, -0.25) is 4.79 Å². The monoisotopic (exact) mass is 449 g/mol. The fourth-order valence-electron chi connectivity index (χ4n) is 3.62. The minimum atomic E-state index is -0.436. The number of hydrogen-bond acceptors (Lipinski definition) is 3. The maximum atomic E-state index is 13.1. The third-order valence-electron chi connectivity index (χ3n) is 5.29. The van der Waals surface area contributed by atoms with Crippen LogP contribution in [0, 0.1) is 0 Å². The van der Waals surface area contributed by atoms with E-state index in [0.29, 0.717) is 23.9 Å². The van der Waals surface area contributed by atoms with Crippen LogP contribution in [0.25, 0.3) is 0 Å². The molecule has 1 unspecified atom stereocenters. The lowest BCUT2D eigenvalue weighted by molar-refractivity contribution is -0.134. The lowest BCUT2D eigenvalue weighted by Gasteiger charge is -2.36. The summed E-state index contributed by atoms with van der Waals surface area (Å²) in [4.78, 5) is 29.2. The average molecular weight is 450 g/mol. The van der Waals surface area contributed by atoms with E-state index in [4.69, 9.17) is 27.9 Å². The number of amides is 3. The summed E-state index contributed by atoms with van der Waals surface area (Å²) >= 11 is 12.2. The van der Waals surface area contributed by atoms with Crippen LogP contribution in [0.2, 0.25) is 10.0 Å². The minimum Gasteiger partial charge on any atom is -0.383 e. The molecule has 8 heteroatoms. The molecule has 1 aliphatic rings. The molecule has 2 aromatic carbocycles. The third-order valence-corrected chi connectivity index (χ3v) is 6.11. The number of ether oxygens (including phenoxy) is 1. The van der Waals surface area contributed by atoms with Crippen molar-refractivity contribution in [1.82, 2.24) is 9.80 Å². The van der Waals surface area contributed by atoms with Gasteiger partial charge in [-0.05, 0) is 36.6 Å². The number of fused-ring (bicyclic) bond motifs is 1. The normalized spacial score (nSPS) is 15.5. The number of hydrogen-bond donors (Lipinski definition) is 1. The Bertz CT molecular complexity index is 922. The van der Waals surface area contributed by atoms with Gasteiger partial charge in [0, 0.05) is 20.2 Å². The van der Waals surface area contributed by atoms with Gasteiger partial charge >= 0.3 is 6.03 Å². The first-order valence-corrected chi connectivity index (χ1v) is 10.5. The molecular formula is C22H25Cl2N3O3. The standard InChI is InChI=1S/C22H25Cl2N3O3/c1-15-17-7-4-3-6-16(17)10-11-27(15)20(28)14-26(12-13-30-2)22(29)25-19-9-5-8-18(23)21(19)24/h3-9,15H,10-14H2,1-2H3,(H,25,29). The van der Waals surface area contributed by atoms with Gasteiger partial charge in [-0.1, -0.05) is 53.5 Å². The van der Waals surface area contributed by atoms with E-state index in [0.717, 1.165) is 12.0 Å². The van der Waals surface area contributed by atoms with E-state index in [1.54, 1.807) is 25.3 Å². The molecule has 0 saturated carbocycles. The van der Waals surface area contributed by atoms with Gasteiger partial charge < -0.3 is 19.9 Å². The first-order valence-electron chi connectivity index (χ1n) is 9.78. The van der Waals surface area contributed by atoms with Crippen molar-refractivity contribution in [2.75, 3.05) is 38.7 Å². The molecule has 3 amide bonds. The first-order chi connectivity index (χ1) is 14.4. The van der Waals surface area contributed by atoms with Gasteiger partial charge in [0.25, 0.3) is 0 Å². The number of benzene rings is 2. The van der Waals surface area contributed by atoms with Gasteiger partial charge in [0.15, 0.2) is 0 Å². The van der Waals surface area contributed by atoms with Crippen molar-refractivity contribution in [3.05, 3.63) is 63.6 Å². The Kier molecular flexibility index (Phi) is 7.58. The van der Waals surface area contributed by atoms with Crippen LogP contribution < -0.4 is 5.32 Å². The van der Waals surface area contributed by atoms with Crippen LogP contribution in [0.4, 0.5) is 10.5 Å². The van der Waals surface area contributed by atoms with Crippen molar-refractivity contribution in [2.45, 2.75) is 19.4 Å². The fraction of sp³-hybridized carbons (Fsp3) is 0.364. The van der Waals surface area contributed by atoms with Gasteiger partial charge in [0.2, 0.25) is 5.91 Å². The summed E-state index contributed by atoms with van der Waals surface area (Å²) in [6, 6.07) is 12.7. The lowest BCUT2D eigenvalue weighted by Crippen LogP contribution is -2.48. The summed E-state index contributed by atoms with van der Waals surface area (Å²) in [5.74, 6) is -0.111. The highest BCUT2D eigenvalue weighted by Gasteiger charge is 2.29. The Labute approximate surface area is 186 Å². The fourth-order valence-corrected chi connectivity index (χ4v) is 3.96. The lowest BCUT2D eigenvalue weighted by atomic mass is 9.93. The molecular weight excluding hydrogens is 425 g/mol. The molecule has 3 rings (SSSR count). The largest absolute Gasteiger partial charge is 0.383 e. The molecule has 30 heavy (non-hydrogen) atoms. The zero-order valence-electron chi connectivity index (χ0n) is 17.0. The summed E-state index contributed by atoms with van der Waals surface area (Å²) < 4.78 is 5.12. The van der Waals surface area contributed by atoms with Crippen LogP contribution in [0.5, 0.6) is 0 Å². The molecule has 0 fully saturated rings. The Morgan fingerprint density at radius 3 is 2.73 bits per heavy atom. The summed E-state index contributed by atoms with van der Waals surface area (Å²) in [5.41, 5.74) is 2.80. The zero-order chi connectivity index (χ0) is 21.7. The number of urea groups is 1. The van der Waals surface area contributed by atoms with Crippen LogP contribution in [0.15, 0.2) is 42.5 Å². The second kappa shape index (κ2) is 10.2. The highest BCUT2D eigenvalue weighted by molar-refractivity contribution is 6.43. The Morgan fingerprint density at radius 2 is 1.97 bits per heavy atom. The van der Waals surface area contributed by atoms with Crippen LogP contribution in [-0.2, 0) is 16.0 Å². The van der Waals surface area contributed by atoms with Crippen LogP contribution in [0.1, 0.15) is 24.1 Å². The maximum Gasteiger partial charge on any atom is 0.322 e. The second-order valence-electron chi connectivity index (χ2n) is 7.16. The first kappa shape index (κ1) is 22.4.